The number of para-hydroxylation sites is 1. The minimum atomic E-state index is -3.09. The standard InChI is InChI=1S/C21H22N2O3S2/c1-14(2)16-10-6-7-11-17(16)23-18-12-28(25,26)13-19(18)27-21(23)22-20(24)15-8-4-3-5-9-15/h3-11,14,18-19H,12-13H2,1-2H3. The van der Waals surface area contributed by atoms with Gasteiger partial charge in [-0.2, -0.15) is 4.99 Å². The van der Waals surface area contributed by atoms with E-state index in [1.165, 1.54) is 11.8 Å². The van der Waals surface area contributed by atoms with Crippen LogP contribution in [0.3, 0.4) is 0 Å². The fourth-order valence-corrected chi connectivity index (χ4v) is 7.68. The second-order valence-electron chi connectivity index (χ2n) is 7.45. The maximum atomic E-state index is 12.7. The van der Waals surface area contributed by atoms with E-state index in [1.807, 2.05) is 41.3 Å². The zero-order valence-corrected chi connectivity index (χ0v) is 17.4. The largest absolute Gasteiger partial charge is 0.315 e. The molecule has 4 rings (SSSR count). The monoisotopic (exact) mass is 414 g/mol. The summed E-state index contributed by atoms with van der Waals surface area (Å²) in [5, 5.41) is 0.486. The molecule has 2 aromatic carbocycles. The molecule has 2 unspecified atom stereocenters. The Morgan fingerprint density at radius 3 is 2.46 bits per heavy atom. The number of anilines is 1. The molecule has 7 heteroatoms. The van der Waals surface area contributed by atoms with Gasteiger partial charge in [-0.25, -0.2) is 8.42 Å². The molecule has 2 aliphatic rings. The van der Waals surface area contributed by atoms with Crippen molar-refractivity contribution in [1.29, 1.82) is 0 Å². The minimum absolute atomic E-state index is 0.0929. The van der Waals surface area contributed by atoms with Crippen molar-refractivity contribution < 1.29 is 13.2 Å². The van der Waals surface area contributed by atoms with Crippen LogP contribution in [0.5, 0.6) is 0 Å². The summed E-state index contributed by atoms with van der Waals surface area (Å²) in [6, 6.07) is 16.7. The van der Waals surface area contributed by atoms with E-state index >= 15 is 0 Å². The highest BCUT2D eigenvalue weighted by Crippen LogP contribution is 2.43. The van der Waals surface area contributed by atoms with Crippen molar-refractivity contribution in [1.82, 2.24) is 0 Å². The van der Waals surface area contributed by atoms with Crippen molar-refractivity contribution in [2.24, 2.45) is 4.99 Å². The highest BCUT2D eigenvalue weighted by atomic mass is 32.2. The van der Waals surface area contributed by atoms with Crippen molar-refractivity contribution in [3.63, 3.8) is 0 Å². The molecule has 2 aliphatic heterocycles. The lowest BCUT2D eigenvalue weighted by Gasteiger charge is -2.28. The Labute approximate surface area is 169 Å². The number of fused-ring (bicyclic) bond motifs is 1. The molecule has 0 radical (unpaired) electrons. The Balaban J connectivity index is 1.78. The number of amidine groups is 1. The third-order valence-electron chi connectivity index (χ3n) is 5.10. The lowest BCUT2D eigenvalue weighted by atomic mass is 9.99. The van der Waals surface area contributed by atoms with Gasteiger partial charge in [0.2, 0.25) is 0 Å². The number of amides is 1. The van der Waals surface area contributed by atoms with Gasteiger partial charge in [0.1, 0.15) is 0 Å². The van der Waals surface area contributed by atoms with Crippen LogP contribution in [0.15, 0.2) is 59.6 Å². The van der Waals surface area contributed by atoms with Crippen LogP contribution in [-0.4, -0.2) is 42.3 Å². The summed E-state index contributed by atoms with van der Waals surface area (Å²) >= 11 is 1.41. The van der Waals surface area contributed by atoms with Crippen molar-refractivity contribution in [3.05, 3.63) is 65.7 Å². The van der Waals surface area contributed by atoms with E-state index in [0.717, 1.165) is 11.3 Å². The average Bonchev–Trinajstić information content (AvgIpc) is 3.13. The first kappa shape index (κ1) is 19.2. The third-order valence-corrected chi connectivity index (χ3v) is 8.31. The van der Waals surface area contributed by atoms with Crippen LogP contribution in [0.1, 0.15) is 35.7 Å². The van der Waals surface area contributed by atoms with Gasteiger partial charge >= 0.3 is 0 Å². The van der Waals surface area contributed by atoms with E-state index in [9.17, 15) is 13.2 Å². The first-order valence-corrected chi connectivity index (χ1v) is 12.0. The van der Waals surface area contributed by atoms with Crippen LogP contribution in [0.2, 0.25) is 0 Å². The SMILES string of the molecule is CC(C)c1ccccc1N1C(=NC(=O)c2ccccc2)SC2CS(=O)(=O)CC21. The Morgan fingerprint density at radius 1 is 1.07 bits per heavy atom. The van der Waals surface area contributed by atoms with Crippen LogP contribution in [0.4, 0.5) is 5.69 Å². The van der Waals surface area contributed by atoms with Gasteiger partial charge in [-0.05, 0) is 29.7 Å². The summed E-state index contributed by atoms with van der Waals surface area (Å²) in [5.41, 5.74) is 2.58. The van der Waals surface area contributed by atoms with Gasteiger partial charge in [0.25, 0.3) is 5.91 Å². The zero-order valence-electron chi connectivity index (χ0n) is 15.8. The number of sulfone groups is 1. The quantitative estimate of drug-likeness (QED) is 0.766. The fraction of sp³-hybridized carbons (Fsp3) is 0.333. The summed E-state index contributed by atoms with van der Waals surface area (Å²) in [6.07, 6.45) is 0. The van der Waals surface area contributed by atoms with Crippen LogP contribution >= 0.6 is 11.8 Å². The van der Waals surface area contributed by atoms with E-state index in [1.54, 1.807) is 12.1 Å². The van der Waals surface area contributed by atoms with Crippen molar-refractivity contribution in [2.75, 3.05) is 16.4 Å². The Kier molecular flexibility index (Phi) is 5.05. The molecule has 0 saturated carbocycles. The van der Waals surface area contributed by atoms with Gasteiger partial charge in [-0.15, -0.1) is 0 Å². The molecule has 0 aromatic heterocycles. The lowest BCUT2D eigenvalue weighted by Crippen LogP contribution is -2.38. The number of benzene rings is 2. The molecular weight excluding hydrogens is 392 g/mol. The first-order chi connectivity index (χ1) is 13.4. The van der Waals surface area contributed by atoms with E-state index in [4.69, 9.17) is 0 Å². The van der Waals surface area contributed by atoms with Crippen LogP contribution in [0.25, 0.3) is 0 Å². The summed E-state index contributed by atoms with van der Waals surface area (Å²) < 4.78 is 24.5. The molecule has 2 fully saturated rings. The molecule has 0 aliphatic carbocycles. The number of nitrogens with zero attached hydrogens (tertiary/aromatic N) is 2. The van der Waals surface area contributed by atoms with Crippen molar-refractivity contribution in [3.8, 4) is 0 Å². The Bertz CT molecular complexity index is 1030. The second kappa shape index (κ2) is 7.37. The van der Waals surface area contributed by atoms with Gasteiger partial charge in [-0.3, -0.25) is 4.79 Å². The minimum Gasteiger partial charge on any atom is -0.315 e. The maximum absolute atomic E-state index is 12.7. The van der Waals surface area contributed by atoms with E-state index < -0.39 is 9.84 Å². The van der Waals surface area contributed by atoms with Gasteiger partial charge in [0.05, 0.1) is 17.5 Å². The number of hydrogen-bond acceptors (Lipinski definition) is 4. The molecule has 5 nitrogen and oxygen atoms in total. The predicted molar refractivity (Wildman–Crippen MR) is 115 cm³/mol. The molecule has 1 amide bonds. The molecule has 0 N–H and O–H groups in total. The van der Waals surface area contributed by atoms with Crippen molar-refractivity contribution in [2.45, 2.75) is 31.1 Å². The molecule has 0 spiro atoms. The highest BCUT2D eigenvalue weighted by Gasteiger charge is 2.49. The Hall–Kier alpha value is -2.12. The molecule has 146 valence electrons. The van der Waals surface area contributed by atoms with Crippen LogP contribution < -0.4 is 4.90 Å². The molecule has 2 atom stereocenters. The fourth-order valence-electron chi connectivity index (χ4n) is 3.77. The Morgan fingerprint density at radius 2 is 1.75 bits per heavy atom. The summed E-state index contributed by atoms with van der Waals surface area (Å²) in [5.74, 6) is 0.180. The molecule has 28 heavy (non-hydrogen) atoms. The number of carbonyl (C=O) groups excluding carboxylic acids is 1. The first-order valence-electron chi connectivity index (χ1n) is 9.29. The van der Waals surface area contributed by atoms with Gasteiger partial charge in [0, 0.05) is 16.5 Å². The molecule has 0 bridgehead atoms. The molecular formula is C21H22N2O3S2. The average molecular weight is 415 g/mol. The number of carbonyl (C=O) groups is 1. The second-order valence-corrected chi connectivity index (χ2v) is 10.8. The van der Waals surface area contributed by atoms with Crippen molar-refractivity contribution >= 4 is 38.4 Å². The number of aliphatic imine (C=N–C) groups is 1. The van der Waals surface area contributed by atoms with Crippen LogP contribution in [-0.2, 0) is 9.84 Å². The van der Waals surface area contributed by atoms with Gasteiger partial charge < -0.3 is 4.90 Å². The molecule has 2 aromatic rings. The maximum Gasteiger partial charge on any atom is 0.279 e. The lowest BCUT2D eigenvalue weighted by molar-refractivity contribution is 0.100. The molecule has 2 saturated heterocycles. The number of rotatable bonds is 3. The topological polar surface area (TPSA) is 66.8 Å². The summed E-state index contributed by atoms with van der Waals surface area (Å²) in [4.78, 5) is 19.1. The summed E-state index contributed by atoms with van der Waals surface area (Å²) in [6.45, 7) is 4.22. The van der Waals surface area contributed by atoms with E-state index in [0.29, 0.717) is 10.7 Å². The van der Waals surface area contributed by atoms with E-state index in [2.05, 4.69) is 24.9 Å². The third kappa shape index (κ3) is 3.61. The highest BCUT2D eigenvalue weighted by molar-refractivity contribution is 8.16. The van der Waals surface area contributed by atoms with Crippen LogP contribution in [0, 0.1) is 0 Å². The molecule has 2 heterocycles. The normalized spacial score (nSPS) is 24.7. The summed E-state index contributed by atoms with van der Waals surface area (Å²) in [7, 11) is -3.09. The smallest absolute Gasteiger partial charge is 0.279 e. The number of hydrogen-bond donors (Lipinski definition) is 0. The number of thioether (sulfide) groups is 1. The predicted octanol–water partition coefficient (Wildman–Crippen LogP) is 3.73. The van der Waals surface area contributed by atoms with Gasteiger partial charge in [0.15, 0.2) is 15.0 Å². The van der Waals surface area contributed by atoms with E-state index in [-0.39, 0.29) is 34.6 Å². The zero-order chi connectivity index (χ0) is 19.9. The van der Waals surface area contributed by atoms with Gasteiger partial charge in [-0.1, -0.05) is 62.0 Å².